The Hall–Kier alpha value is -5.00. The number of aromatic hydroxyl groups is 1. The third kappa shape index (κ3) is 6.83. The van der Waals surface area contributed by atoms with E-state index >= 15 is 0 Å². The first-order valence-electron chi connectivity index (χ1n) is 16.3. The molecule has 0 aliphatic carbocycles. The van der Waals surface area contributed by atoms with E-state index in [1.165, 1.54) is 12.1 Å². The lowest BCUT2D eigenvalue weighted by Crippen LogP contribution is -2.43. The van der Waals surface area contributed by atoms with Crippen LogP contribution in [0.5, 0.6) is 5.75 Å². The van der Waals surface area contributed by atoms with E-state index in [0.717, 1.165) is 78.7 Å². The van der Waals surface area contributed by atoms with E-state index < -0.39 is 11.6 Å². The zero-order valence-electron chi connectivity index (χ0n) is 26.7. The second kappa shape index (κ2) is 13.6. The number of aromatic nitrogens is 2. The van der Waals surface area contributed by atoms with Gasteiger partial charge in [-0.2, -0.15) is 5.10 Å². The molecule has 2 aliphatic heterocycles. The molecule has 0 radical (unpaired) electrons. The number of hydrogen-bond donors (Lipinski definition) is 5. The van der Waals surface area contributed by atoms with Crippen LogP contribution >= 0.6 is 0 Å². The Balaban J connectivity index is 1.24. The molecule has 2 fully saturated rings. The number of phenols is 1. The average Bonchev–Trinajstić information content (AvgIpc) is 3.46. The van der Waals surface area contributed by atoms with Crippen LogP contribution in [-0.2, 0) is 11.2 Å². The van der Waals surface area contributed by atoms with Crippen LogP contribution in [0.2, 0.25) is 0 Å². The number of fused-ring (bicyclic) bond motifs is 1. The molecule has 248 valence electrons. The van der Waals surface area contributed by atoms with Crippen molar-refractivity contribution in [2.75, 3.05) is 54.9 Å². The molecular weight excluding hydrogens is 614 g/mol. The Labute approximate surface area is 277 Å². The fourth-order valence-corrected chi connectivity index (χ4v) is 6.69. The Kier molecular flexibility index (Phi) is 8.96. The number of nitrogens with one attached hydrogen (secondary N) is 4. The van der Waals surface area contributed by atoms with Gasteiger partial charge in [0.25, 0.3) is 5.91 Å². The van der Waals surface area contributed by atoms with E-state index in [0.29, 0.717) is 41.1 Å². The monoisotopic (exact) mass is 652 g/mol. The number of carbonyl (C=O) groups is 1. The number of nitrogens with zero attached hydrogens (tertiary/aromatic N) is 2. The van der Waals surface area contributed by atoms with Gasteiger partial charge >= 0.3 is 0 Å². The van der Waals surface area contributed by atoms with Gasteiger partial charge in [0.1, 0.15) is 17.4 Å². The van der Waals surface area contributed by atoms with Crippen LogP contribution in [0.4, 0.5) is 26.0 Å². The molecule has 4 aromatic carbocycles. The van der Waals surface area contributed by atoms with Crippen molar-refractivity contribution in [1.29, 1.82) is 0 Å². The standard InChI is InChI=1S/C37H38F2N6O3/c1-22-14-29(46)3-5-30(22)32-21-35-33(18-24(32)15-23-16-25(38)19-26(39)17-23)36(44-43-35)42-37(47)31-4-2-28(45-10-8-40-9-11-45)20-34(31)41-27-6-12-48-13-7-27/h2-5,14,16-21,27,40-41,46H,6-13,15H2,1H3,(H2,42,43,44,47). The molecule has 48 heavy (non-hydrogen) atoms. The number of amides is 1. The van der Waals surface area contributed by atoms with Crippen LogP contribution in [0, 0.1) is 18.6 Å². The summed E-state index contributed by atoms with van der Waals surface area (Å²) in [5, 5.41) is 28.3. The van der Waals surface area contributed by atoms with E-state index in [-0.39, 0.29) is 24.1 Å². The number of H-pyrrole nitrogens is 1. The van der Waals surface area contributed by atoms with Gasteiger partial charge in [-0.1, -0.05) is 6.07 Å². The molecule has 11 heteroatoms. The maximum Gasteiger partial charge on any atom is 0.258 e. The van der Waals surface area contributed by atoms with Crippen LogP contribution in [0.25, 0.3) is 22.0 Å². The normalized spacial score (nSPS) is 15.5. The molecule has 5 aromatic rings. The largest absolute Gasteiger partial charge is 0.508 e. The summed E-state index contributed by atoms with van der Waals surface area (Å²) in [5.41, 5.74) is 6.75. The number of carbonyl (C=O) groups excluding carboxylic acids is 1. The third-order valence-electron chi connectivity index (χ3n) is 9.15. The van der Waals surface area contributed by atoms with Gasteiger partial charge in [-0.05, 0) is 109 Å². The molecule has 2 saturated heterocycles. The summed E-state index contributed by atoms with van der Waals surface area (Å²) < 4.78 is 34.0. The van der Waals surface area contributed by atoms with Gasteiger partial charge in [-0.25, -0.2) is 8.78 Å². The highest BCUT2D eigenvalue weighted by Crippen LogP contribution is 2.36. The number of halogens is 2. The van der Waals surface area contributed by atoms with E-state index in [2.05, 4.69) is 37.1 Å². The molecule has 1 aromatic heterocycles. The van der Waals surface area contributed by atoms with E-state index in [1.54, 1.807) is 12.1 Å². The Morgan fingerprint density at radius 1 is 0.979 bits per heavy atom. The summed E-state index contributed by atoms with van der Waals surface area (Å²) in [6, 6.07) is 18.5. The van der Waals surface area contributed by atoms with Crippen molar-refractivity contribution in [2.45, 2.75) is 32.2 Å². The molecule has 9 nitrogen and oxygen atoms in total. The number of aryl methyl sites for hydroxylation is 1. The van der Waals surface area contributed by atoms with Crippen LogP contribution in [0.1, 0.15) is 39.9 Å². The number of rotatable bonds is 8. The fraction of sp³-hybridized carbons (Fsp3) is 0.297. The summed E-state index contributed by atoms with van der Waals surface area (Å²) in [5.74, 6) is -1.13. The van der Waals surface area contributed by atoms with Gasteiger partial charge in [-0.3, -0.25) is 9.89 Å². The van der Waals surface area contributed by atoms with Crippen LogP contribution in [0.3, 0.4) is 0 Å². The molecule has 0 unspecified atom stereocenters. The highest BCUT2D eigenvalue weighted by molar-refractivity contribution is 6.11. The average molecular weight is 653 g/mol. The first kappa shape index (κ1) is 31.6. The van der Waals surface area contributed by atoms with Crippen molar-refractivity contribution in [3.63, 3.8) is 0 Å². The maximum atomic E-state index is 14.2. The quantitative estimate of drug-likeness (QED) is 0.133. The number of aromatic amines is 1. The first-order chi connectivity index (χ1) is 23.3. The van der Waals surface area contributed by atoms with Crippen LogP contribution in [-0.4, -0.2) is 66.6 Å². The zero-order valence-corrected chi connectivity index (χ0v) is 26.7. The minimum absolute atomic E-state index is 0.143. The summed E-state index contributed by atoms with van der Waals surface area (Å²) >= 11 is 0. The highest BCUT2D eigenvalue weighted by atomic mass is 19.1. The van der Waals surface area contributed by atoms with Gasteiger partial charge < -0.3 is 30.7 Å². The van der Waals surface area contributed by atoms with Gasteiger partial charge in [0.2, 0.25) is 0 Å². The van der Waals surface area contributed by atoms with Gasteiger partial charge in [-0.15, -0.1) is 0 Å². The van der Waals surface area contributed by atoms with Gasteiger partial charge in [0.15, 0.2) is 5.82 Å². The number of ether oxygens (including phenoxy) is 1. The zero-order chi connectivity index (χ0) is 33.2. The molecule has 3 heterocycles. The van der Waals surface area contributed by atoms with Crippen molar-refractivity contribution < 1.29 is 23.4 Å². The lowest BCUT2D eigenvalue weighted by molar-refractivity contribution is 0.0904. The van der Waals surface area contributed by atoms with Crippen molar-refractivity contribution in [1.82, 2.24) is 15.5 Å². The lowest BCUT2D eigenvalue weighted by atomic mass is 9.91. The second-order valence-electron chi connectivity index (χ2n) is 12.5. The minimum Gasteiger partial charge on any atom is -0.508 e. The van der Waals surface area contributed by atoms with Gasteiger partial charge in [0.05, 0.1) is 11.1 Å². The van der Waals surface area contributed by atoms with E-state index in [4.69, 9.17) is 4.74 Å². The summed E-state index contributed by atoms with van der Waals surface area (Å²) in [6.45, 7) is 6.82. The van der Waals surface area contributed by atoms with E-state index in [9.17, 15) is 18.7 Å². The number of hydrogen-bond acceptors (Lipinski definition) is 7. The smallest absolute Gasteiger partial charge is 0.258 e. The van der Waals surface area contributed by atoms with Crippen molar-refractivity contribution in [3.8, 4) is 16.9 Å². The van der Waals surface area contributed by atoms with Gasteiger partial charge in [0, 0.05) is 68.3 Å². The fourth-order valence-electron chi connectivity index (χ4n) is 6.69. The number of piperazine rings is 1. The Morgan fingerprint density at radius 2 is 1.75 bits per heavy atom. The number of phenolic OH excluding ortho intramolecular Hbond substituents is 1. The Bertz CT molecular complexity index is 1950. The molecule has 0 saturated carbocycles. The van der Waals surface area contributed by atoms with Crippen LogP contribution in [0.15, 0.2) is 66.7 Å². The summed E-state index contributed by atoms with van der Waals surface area (Å²) in [4.78, 5) is 16.3. The molecule has 0 bridgehead atoms. The number of benzene rings is 4. The van der Waals surface area contributed by atoms with Crippen molar-refractivity contribution >= 4 is 34.0 Å². The summed E-state index contributed by atoms with van der Waals surface area (Å²) in [7, 11) is 0. The van der Waals surface area contributed by atoms with Crippen molar-refractivity contribution in [2.24, 2.45) is 0 Å². The first-order valence-corrected chi connectivity index (χ1v) is 16.3. The van der Waals surface area contributed by atoms with Crippen LogP contribution < -0.4 is 20.9 Å². The number of anilines is 3. The topological polar surface area (TPSA) is 115 Å². The van der Waals surface area contributed by atoms with E-state index in [1.807, 2.05) is 37.3 Å². The predicted octanol–water partition coefficient (Wildman–Crippen LogP) is 6.37. The Morgan fingerprint density at radius 3 is 2.50 bits per heavy atom. The molecular formula is C37H38F2N6O3. The lowest BCUT2D eigenvalue weighted by Gasteiger charge is -2.31. The minimum atomic E-state index is -0.655. The summed E-state index contributed by atoms with van der Waals surface area (Å²) in [6.07, 6.45) is 1.93. The molecule has 5 N–H and O–H groups in total. The third-order valence-corrected chi connectivity index (χ3v) is 9.15. The van der Waals surface area contributed by atoms with Crippen molar-refractivity contribution in [3.05, 3.63) is 101 Å². The molecule has 0 atom stereocenters. The predicted molar refractivity (Wildman–Crippen MR) is 184 cm³/mol. The highest BCUT2D eigenvalue weighted by Gasteiger charge is 2.22. The molecule has 1 amide bonds. The second-order valence-corrected chi connectivity index (χ2v) is 12.5. The molecule has 7 rings (SSSR count). The SMILES string of the molecule is Cc1cc(O)ccc1-c1cc2[nH]nc(NC(=O)c3ccc(N4CCNCC4)cc3NC3CCOCC3)c2cc1Cc1cc(F)cc(F)c1. The maximum absolute atomic E-state index is 14.2. The molecule has 2 aliphatic rings. The molecule has 0 spiro atoms.